The fourth-order valence-electron chi connectivity index (χ4n) is 2.05. The Hall–Kier alpha value is -2.33. The van der Waals surface area contributed by atoms with E-state index in [0.29, 0.717) is 5.52 Å². The number of hydrogen-bond donors (Lipinski definition) is 3. The van der Waals surface area contributed by atoms with Crippen LogP contribution in [0.4, 0.5) is 0 Å². The minimum atomic E-state index is -0.686. The number of fused-ring (bicyclic) bond motifs is 1. The third-order valence-corrected chi connectivity index (χ3v) is 2.97. The van der Waals surface area contributed by atoms with Gasteiger partial charge in [0.2, 0.25) is 0 Å². The van der Waals surface area contributed by atoms with Crippen LogP contribution in [0.15, 0.2) is 53.3 Å². The van der Waals surface area contributed by atoms with E-state index in [9.17, 15) is 9.90 Å². The van der Waals surface area contributed by atoms with Crippen LogP contribution in [0, 0.1) is 0 Å². The fourth-order valence-corrected chi connectivity index (χ4v) is 2.05. The highest BCUT2D eigenvalue weighted by molar-refractivity contribution is 5.75. The third-order valence-electron chi connectivity index (χ3n) is 2.97. The predicted octanol–water partition coefficient (Wildman–Crippen LogP) is 1.94. The maximum atomic E-state index is 11.2. The topological polar surface area (TPSA) is 68.9 Å². The first-order valence-corrected chi connectivity index (χ1v) is 5.69. The van der Waals surface area contributed by atoms with E-state index in [1.165, 1.54) is 0 Å². The molecule has 0 amide bonds. The molecule has 18 heavy (non-hydrogen) atoms. The Balaban J connectivity index is 2.06. The Morgan fingerprint density at radius 3 is 2.39 bits per heavy atom. The lowest BCUT2D eigenvalue weighted by atomic mass is 10.0. The number of nitrogens with one attached hydrogen (secondary N) is 2. The number of aliphatic hydroxyl groups excluding tert-OH is 1. The smallest absolute Gasteiger partial charge is 0.323 e. The van der Waals surface area contributed by atoms with Gasteiger partial charge in [0.15, 0.2) is 0 Å². The quantitative estimate of drug-likeness (QED) is 0.640. The molecule has 3 rings (SSSR count). The largest absolute Gasteiger partial charge is 0.384 e. The molecule has 4 nitrogen and oxygen atoms in total. The molecule has 0 saturated heterocycles. The van der Waals surface area contributed by atoms with E-state index in [-0.39, 0.29) is 5.69 Å². The summed E-state index contributed by atoms with van der Waals surface area (Å²) < 4.78 is 0. The molecule has 1 unspecified atom stereocenters. The first-order chi connectivity index (χ1) is 8.74. The molecular weight excluding hydrogens is 228 g/mol. The highest BCUT2D eigenvalue weighted by Gasteiger charge is 2.10. The van der Waals surface area contributed by atoms with Gasteiger partial charge in [0.1, 0.15) is 6.10 Å². The average molecular weight is 240 g/mol. The molecule has 1 heterocycles. The SMILES string of the molecule is O=c1[nH]c2ccc(C(O)c3ccccc3)cc2[nH]1. The molecule has 0 aliphatic carbocycles. The molecule has 0 aliphatic rings. The van der Waals surface area contributed by atoms with Crippen molar-refractivity contribution >= 4 is 11.0 Å². The molecule has 0 radical (unpaired) electrons. The summed E-state index contributed by atoms with van der Waals surface area (Å²) in [4.78, 5) is 16.5. The molecule has 2 aromatic carbocycles. The number of aromatic amines is 2. The lowest BCUT2D eigenvalue weighted by Crippen LogP contribution is -1.99. The molecule has 90 valence electrons. The van der Waals surface area contributed by atoms with Crippen molar-refractivity contribution in [3.05, 3.63) is 70.1 Å². The van der Waals surface area contributed by atoms with Crippen molar-refractivity contribution in [2.45, 2.75) is 6.10 Å². The molecule has 0 aliphatic heterocycles. The van der Waals surface area contributed by atoms with E-state index < -0.39 is 6.10 Å². The second-order valence-corrected chi connectivity index (χ2v) is 4.20. The lowest BCUT2D eigenvalue weighted by Gasteiger charge is -2.11. The van der Waals surface area contributed by atoms with Gasteiger partial charge in [-0.2, -0.15) is 0 Å². The van der Waals surface area contributed by atoms with Crippen LogP contribution in [-0.2, 0) is 0 Å². The van der Waals surface area contributed by atoms with Gasteiger partial charge in [-0.05, 0) is 23.3 Å². The molecular formula is C14H12N2O2. The number of aromatic nitrogens is 2. The van der Waals surface area contributed by atoms with Gasteiger partial charge in [-0.15, -0.1) is 0 Å². The maximum absolute atomic E-state index is 11.2. The molecule has 0 bridgehead atoms. The van der Waals surface area contributed by atoms with Crippen LogP contribution < -0.4 is 5.69 Å². The van der Waals surface area contributed by atoms with Gasteiger partial charge in [0.05, 0.1) is 11.0 Å². The standard InChI is InChI=1S/C14H12N2O2/c17-13(9-4-2-1-3-5-9)10-6-7-11-12(8-10)16-14(18)15-11/h1-8,13,17H,(H2,15,16,18). The number of aliphatic hydroxyl groups is 1. The van der Waals surface area contributed by atoms with Gasteiger partial charge in [-0.3, -0.25) is 0 Å². The number of benzene rings is 2. The predicted molar refractivity (Wildman–Crippen MR) is 69.4 cm³/mol. The molecule has 3 aromatic rings. The molecule has 1 aromatic heterocycles. The third kappa shape index (κ3) is 1.83. The summed E-state index contributed by atoms with van der Waals surface area (Å²) in [7, 11) is 0. The Morgan fingerprint density at radius 2 is 1.61 bits per heavy atom. The van der Waals surface area contributed by atoms with E-state index in [2.05, 4.69) is 9.97 Å². The minimum Gasteiger partial charge on any atom is -0.384 e. The zero-order chi connectivity index (χ0) is 12.5. The van der Waals surface area contributed by atoms with Gasteiger partial charge >= 0.3 is 5.69 Å². The van der Waals surface area contributed by atoms with Gasteiger partial charge in [0, 0.05) is 0 Å². The number of rotatable bonds is 2. The lowest BCUT2D eigenvalue weighted by molar-refractivity contribution is 0.220. The maximum Gasteiger partial charge on any atom is 0.323 e. The minimum absolute atomic E-state index is 0.239. The summed E-state index contributed by atoms with van der Waals surface area (Å²) in [5, 5.41) is 10.3. The summed E-state index contributed by atoms with van der Waals surface area (Å²) >= 11 is 0. The van der Waals surface area contributed by atoms with E-state index in [1.807, 2.05) is 36.4 Å². The number of imidazole rings is 1. The van der Waals surface area contributed by atoms with Gasteiger partial charge in [-0.1, -0.05) is 36.4 Å². The fraction of sp³-hybridized carbons (Fsp3) is 0.0714. The first-order valence-electron chi connectivity index (χ1n) is 5.69. The van der Waals surface area contributed by atoms with Gasteiger partial charge in [-0.25, -0.2) is 4.79 Å². The number of H-pyrrole nitrogens is 2. The Kier molecular flexibility index (Phi) is 2.50. The second-order valence-electron chi connectivity index (χ2n) is 4.20. The number of hydrogen-bond acceptors (Lipinski definition) is 2. The van der Waals surface area contributed by atoms with Crippen molar-refractivity contribution in [3.63, 3.8) is 0 Å². The molecule has 4 heteroatoms. The van der Waals surface area contributed by atoms with Crippen molar-refractivity contribution in [1.82, 2.24) is 9.97 Å². The molecule has 0 saturated carbocycles. The summed E-state index contributed by atoms with van der Waals surface area (Å²) in [6.07, 6.45) is -0.686. The normalized spacial score (nSPS) is 12.7. The monoisotopic (exact) mass is 240 g/mol. The van der Waals surface area contributed by atoms with Crippen molar-refractivity contribution in [3.8, 4) is 0 Å². The van der Waals surface area contributed by atoms with Gasteiger partial charge < -0.3 is 15.1 Å². The van der Waals surface area contributed by atoms with E-state index in [4.69, 9.17) is 0 Å². The van der Waals surface area contributed by atoms with E-state index in [0.717, 1.165) is 16.6 Å². The average Bonchev–Trinajstić information content (AvgIpc) is 2.78. The van der Waals surface area contributed by atoms with Gasteiger partial charge in [0.25, 0.3) is 0 Å². The summed E-state index contributed by atoms with van der Waals surface area (Å²) in [6, 6.07) is 14.8. The van der Waals surface area contributed by atoms with Crippen LogP contribution in [-0.4, -0.2) is 15.1 Å². The van der Waals surface area contributed by atoms with Crippen LogP contribution in [0.5, 0.6) is 0 Å². The van der Waals surface area contributed by atoms with Crippen LogP contribution in [0.3, 0.4) is 0 Å². The van der Waals surface area contributed by atoms with Crippen molar-refractivity contribution in [2.75, 3.05) is 0 Å². The molecule has 0 fully saturated rings. The molecule has 3 N–H and O–H groups in total. The Bertz CT molecular complexity index is 728. The molecule has 1 atom stereocenters. The highest BCUT2D eigenvalue weighted by atomic mass is 16.3. The zero-order valence-corrected chi connectivity index (χ0v) is 9.55. The van der Waals surface area contributed by atoms with E-state index >= 15 is 0 Å². The van der Waals surface area contributed by atoms with Crippen LogP contribution >= 0.6 is 0 Å². The highest BCUT2D eigenvalue weighted by Crippen LogP contribution is 2.23. The van der Waals surface area contributed by atoms with Crippen molar-refractivity contribution in [2.24, 2.45) is 0 Å². The van der Waals surface area contributed by atoms with Crippen LogP contribution in [0.2, 0.25) is 0 Å². The van der Waals surface area contributed by atoms with Crippen molar-refractivity contribution in [1.29, 1.82) is 0 Å². The van der Waals surface area contributed by atoms with Crippen LogP contribution in [0.1, 0.15) is 17.2 Å². The second kappa shape index (κ2) is 4.16. The summed E-state index contributed by atoms with van der Waals surface area (Å²) in [5.74, 6) is 0. The Morgan fingerprint density at radius 1 is 0.889 bits per heavy atom. The zero-order valence-electron chi connectivity index (χ0n) is 9.55. The Labute approximate surface area is 103 Å². The van der Waals surface area contributed by atoms with Crippen LogP contribution in [0.25, 0.3) is 11.0 Å². The molecule has 0 spiro atoms. The van der Waals surface area contributed by atoms with Crippen molar-refractivity contribution < 1.29 is 5.11 Å². The summed E-state index contributed by atoms with van der Waals surface area (Å²) in [5.41, 5.74) is 2.78. The first kappa shape index (κ1) is 10.8. The summed E-state index contributed by atoms with van der Waals surface area (Å²) in [6.45, 7) is 0. The van der Waals surface area contributed by atoms with E-state index in [1.54, 1.807) is 12.1 Å².